The molecule has 13 heteroatoms. The molecule has 12 nitrogen and oxygen atoms in total. The Bertz CT molecular complexity index is 2170. The number of para-hydroxylation sites is 1. The normalized spacial score (nSPS) is 15.9. The Hall–Kier alpha value is -5.98. The molecule has 276 valence electrons. The van der Waals surface area contributed by atoms with Crippen LogP contribution >= 0.6 is 0 Å². The summed E-state index contributed by atoms with van der Waals surface area (Å²) in [5, 5.41) is 2.94. The van der Waals surface area contributed by atoms with Gasteiger partial charge in [0, 0.05) is 65.6 Å². The summed E-state index contributed by atoms with van der Waals surface area (Å²) in [5.74, 6) is -1.14. The van der Waals surface area contributed by atoms with E-state index in [2.05, 4.69) is 10.3 Å². The SMILES string of the molecule is CC(=O)N1CCC=C(c2cc(-c3ccc(COc4cccc(N(C)C5CCC(=O)NC5=O)c4N(C)C=O)cc3C)c3cc(C(=O)N(C)C)[nH]c3c2F)C1. The summed E-state index contributed by atoms with van der Waals surface area (Å²) in [6.45, 7) is 4.45. The van der Waals surface area contributed by atoms with Crippen LogP contribution in [0.3, 0.4) is 0 Å². The number of H-pyrrole nitrogens is 1. The minimum atomic E-state index is -0.602. The van der Waals surface area contributed by atoms with Crippen molar-refractivity contribution in [2.45, 2.75) is 45.8 Å². The van der Waals surface area contributed by atoms with Gasteiger partial charge in [-0.15, -0.1) is 0 Å². The first kappa shape index (κ1) is 36.8. The van der Waals surface area contributed by atoms with Crippen molar-refractivity contribution in [1.82, 2.24) is 20.1 Å². The number of benzene rings is 3. The summed E-state index contributed by atoms with van der Waals surface area (Å²) in [6.07, 6.45) is 3.79. The number of aromatic nitrogens is 1. The van der Waals surface area contributed by atoms with Crippen LogP contribution in [0.25, 0.3) is 27.6 Å². The number of imide groups is 1. The first-order valence-electron chi connectivity index (χ1n) is 17.4. The molecule has 0 radical (unpaired) electrons. The molecular formula is C40H43FN6O6. The Labute approximate surface area is 307 Å². The zero-order valence-corrected chi connectivity index (χ0v) is 30.7. The zero-order chi connectivity index (χ0) is 38.1. The van der Waals surface area contributed by atoms with Crippen molar-refractivity contribution in [3.05, 3.63) is 82.8 Å². The minimum absolute atomic E-state index is 0.0808. The highest BCUT2D eigenvalue weighted by atomic mass is 19.1. The van der Waals surface area contributed by atoms with Crippen LogP contribution in [0.15, 0.2) is 54.6 Å². The number of rotatable bonds is 10. The van der Waals surface area contributed by atoms with E-state index in [4.69, 9.17) is 4.74 Å². The maximum atomic E-state index is 16.3. The molecule has 53 heavy (non-hydrogen) atoms. The number of halogens is 1. The average Bonchev–Trinajstić information content (AvgIpc) is 3.59. The largest absolute Gasteiger partial charge is 0.487 e. The second-order valence-electron chi connectivity index (χ2n) is 13.8. The molecule has 3 heterocycles. The fraction of sp³-hybridized carbons (Fsp3) is 0.325. The smallest absolute Gasteiger partial charge is 0.269 e. The third kappa shape index (κ3) is 7.24. The van der Waals surface area contributed by atoms with Crippen molar-refractivity contribution in [2.75, 3.05) is 51.1 Å². The second-order valence-corrected chi connectivity index (χ2v) is 13.8. The van der Waals surface area contributed by atoms with Crippen LogP contribution in [-0.4, -0.2) is 92.1 Å². The van der Waals surface area contributed by atoms with Crippen LogP contribution in [0.5, 0.6) is 5.75 Å². The van der Waals surface area contributed by atoms with Gasteiger partial charge in [-0.1, -0.05) is 30.3 Å². The molecule has 2 aliphatic heterocycles. The van der Waals surface area contributed by atoms with E-state index in [-0.39, 0.29) is 48.5 Å². The van der Waals surface area contributed by atoms with Gasteiger partial charge >= 0.3 is 0 Å². The Kier molecular flexibility index (Phi) is 10.4. The molecule has 1 unspecified atom stereocenters. The van der Waals surface area contributed by atoms with Crippen LogP contribution in [0, 0.1) is 12.7 Å². The summed E-state index contributed by atoms with van der Waals surface area (Å²) in [5.41, 5.74) is 5.87. The quantitative estimate of drug-likeness (QED) is 0.173. The molecular weight excluding hydrogens is 679 g/mol. The van der Waals surface area contributed by atoms with Gasteiger partial charge in [0.05, 0.1) is 11.2 Å². The van der Waals surface area contributed by atoms with Crippen LogP contribution in [0.1, 0.15) is 53.4 Å². The number of carbonyl (C=O) groups is 5. The fourth-order valence-corrected chi connectivity index (χ4v) is 7.10. The molecule has 4 aromatic rings. The lowest BCUT2D eigenvalue weighted by Crippen LogP contribution is -2.51. The van der Waals surface area contributed by atoms with Crippen molar-refractivity contribution < 1.29 is 33.1 Å². The van der Waals surface area contributed by atoms with Gasteiger partial charge in [-0.05, 0) is 71.9 Å². The molecule has 0 aliphatic carbocycles. The van der Waals surface area contributed by atoms with Crippen molar-refractivity contribution in [1.29, 1.82) is 0 Å². The Morgan fingerprint density at radius 3 is 2.49 bits per heavy atom. The molecule has 5 amide bonds. The van der Waals surface area contributed by atoms with Gasteiger partial charge in [-0.2, -0.15) is 0 Å². The number of nitrogens with zero attached hydrogens (tertiary/aromatic N) is 4. The first-order chi connectivity index (χ1) is 25.3. The molecule has 2 N–H and O–H groups in total. The summed E-state index contributed by atoms with van der Waals surface area (Å²) >= 11 is 0. The highest BCUT2D eigenvalue weighted by Crippen LogP contribution is 2.40. The lowest BCUT2D eigenvalue weighted by Gasteiger charge is -2.34. The molecule has 0 saturated carbocycles. The number of aryl methyl sites for hydroxylation is 1. The maximum Gasteiger partial charge on any atom is 0.269 e. The molecule has 1 aromatic heterocycles. The Morgan fingerprint density at radius 1 is 1.04 bits per heavy atom. The molecule has 1 fully saturated rings. The van der Waals surface area contributed by atoms with Gasteiger partial charge < -0.3 is 29.3 Å². The number of ether oxygens (including phenoxy) is 1. The maximum absolute atomic E-state index is 16.3. The van der Waals surface area contributed by atoms with Gasteiger partial charge in [-0.25, -0.2) is 4.39 Å². The number of hydrogen-bond donors (Lipinski definition) is 2. The van der Waals surface area contributed by atoms with Crippen molar-refractivity contribution in [2.24, 2.45) is 0 Å². The van der Waals surface area contributed by atoms with E-state index >= 15 is 4.39 Å². The highest BCUT2D eigenvalue weighted by molar-refractivity contribution is 6.05. The van der Waals surface area contributed by atoms with Gasteiger partial charge in [-0.3, -0.25) is 29.3 Å². The second kappa shape index (κ2) is 14.9. The standard InChI is InChI=1S/C40H43FN6O6/c1-23-17-25(21-53-34-11-7-10-32(38(34)45(5)22-48)46(6)33-14-15-35(50)43-39(33)51)12-13-27(23)29-18-28(26-9-8-16-47(20-26)24(2)49)36(41)37-30(29)19-31(42-37)40(52)44(3)4/h7,9-13,17-19,22,33,42H,8,14-16,20-21H2,1-6H3,(H,43,50,51). The minimum Gasteiger partial charge on any atom is -0.487 e. The number of nitrogens with one attached hydrogen (secondary N) is 2. The van der Waals surface area contributed by atoms with E-state index in [0.717, 1.165) is 22.3 Å². The Balaban J connectivity index is 1.34. The Morgan fingerprint density at radius 2 is 1.81 bits per heavy atom. The number of fused-ring (bicyclic) bond motifs is 1. The molecule has 0 spiro atoms. The van der Waals surface area contributed by atoms with Crippen LogP contribution < -0.4 is 19.9 Å². The summed E-state index contributed by atoms with van der Waals surface area (Å²) in [6, 6.07) is 14.0. The first-order valence-corrected chi connectivity index (χ1v) is 17.4. The van der Waals surface area contributed by atoms with Gasteiger partial charge in [0.1, 0.15) is 29.8 Å². The molecule has 1 saturated heterocycles. The highest BCUT2D eigenvalue weighted by Gasteiger charge is 2.32. The zero-order valence-electron chi connectivity index (χ0n) is 30.7. The van der Waals surface area contributed by atoms with Crippen LogP contribution in [0.4, 0.5) is 15.8 Å². The summed E-state index contributed by atoms with van der Waals surface area (Å²) < 4.78 is 22.7. The summed E-state index contributed by atoms with van der Waals surface area (Å²) in [7, 11) is 6.62. The number of amides is 5. The van der Waals surface area contributed by atoms with Crippen molar-refractivity contribution in [3.8, 4) is 16.9 Å². The van der Waals surface area contributed by atoms with E-state index in [1.807, 2.05) is 31.2 Å². The summed E-state index contributed by atoms with van der Waals surface area (Å²) in [4.78, 5) is 70.9. The van der Waals surface area contributed by atoms with Crippen LogP contribution in [-0.2, 0) is 25.8 Å². The number of likely N-dealkylation sites (N-methyl/N-ethyl adjacent to an activating group) is 1. The molecule has 3 aromatic carbocycles. The van der Waals surface area contributed by atoms with Crippen molar-refractivity contribution in [3.63, 3.8) is 0 Å². The molecule has 0 bridgehead atoms. The number of anilines is 2. The topological polar surface area (TPSA) is 135 Å². The third-order valence-corrected chi connectivity index (χ3v) is 9.95. The van der Waals surface area contributed by atoms with E-state index in [1.54, 1.807) is 68.3 Å². The van der Waals surface area contributed by atoms with Gasteiger partial charge in [0.2, 0.25) is 24.1 Å². The van der Waals surface area contributed by atoms with E-state index in [0.29, 0.717) is 59.4 Å². The fourth-order valence-electron chi connectivity index (χ4n) is 7.10. The van der Waals surface area contributed by atoms with E-state index < -0.39 is 17.8 Å². The predicted octanol–water partition coefficient (Wildman–Crippen LogP) is 5.03. The molecule has 2 aliphatic rings. The number of hydrogen-bond acceptors (Lipinski definition) is 7. The number of piperidine rings is 1. The van der Waals surface area contributed by atoms with Crippen molar-refractivity contribution >= 4 is 57.9 Å². The lowest BCUT2D eigenvalue weighted by atomic mass is 9.91. The third-order valence-electron chi connectivity index (χ3n) is 9.95. The number of aromatic amines is 1. The lowest BCUT2D eigenvalue weighted by molar-refractivity contribution is -0.134. The molecule has 6 rings (SSSR count). The van der Waals surface area contributed by atoms with E-state index in [9.17, 15) is 24.0 Å². The monoisotopic (exact) mass is 722 g/mol. The van der Waals surface area contributed by atoms with Crippen LogP contribution in [0.2, 0.25) is 0 Å². The van der Waals surface area contributed by atoms with E-state index in [1.165, 1.54) is 16.7 Å². The van der Waals surface area contributed by atoms with Gasteiger partial charge in [0.25, 0.3) is 5.91 Å². The number of carbonyl (C=O) groups excluding carboxylic acids is 5. The van der Waals surface area contributed by atoms with Gasteiger partial charge in [0.15, 0.2) is 5.82 Å². The average molecular weight is 723 g/mol. The predicted molar refractivity (Wildman–Crippen MR) is 201 cm³/mol. The molecule has 1 atom stereocenters.